The molecule has 0 unspecified atom stereocenters. The zero-order chi connectivity index (χ0) is 15.5. The number of hydrogen-bond acceptors (Lipinski definition) is 2. The van der Waals surface area contributed by atoms with E-state index in [1.54, 1.807) is 18.2 Å². The molecular weight excluding hydrogens is 297 g/mol. The van der Waals surface area contributed by atoms with Crippen LogP contribution >= 0.6 is 11.3 Å². The molecule has 4 heteroatoms. The molecule has 0 aliphatic carbocycles. The summed E-state index contributed by atoms with van der Waals surface area (Å²) in [6.07, 6.45) is 0.488. The van der Waals surface area contributed by atoms with Crippen molar-refractivity contribution in [2.45, 2.75) is 13.3 Å². The van der Waals surface area contributed by atoms with Gasteiger partial charge >= 0.3 is 0 Å². The van der Waals surface area contributed by atoms with Crippen LogP contribution in [-0.2, 0) is 6.42 Å². The number of thiophene rings is 1. The minimum absolute atomic E-state index is 0.0879. The van der Waals surface area contributed by atoms with Gasteiger partial charge in [-0.15, -0.1) is 11.3 Å². The maximum atomic E-state index is 13.5. The van der Waals surface area contributed by atoms with Crippen molar-refractivity contribution in [2.24, 2.45) is 0 Å². The molecule has 0 aliphatic heterocycles. The topological polar surface area (TPSA) is 29.1 Å². The summed E-state index contributed by atoms with van der Waals surface area (Å²) in [6.45, 7) is 2.39. The number of aryl methyl sites for hydroxylation is 1. The fourth-order valence-electron chi connectivity index (χ4n) is 2.48. The number of carbonyl (C=O) groups excluding carboxylic acids is 1. The van der Waals surface area contributed by atoms with Crippen LogP contribution in [0.4, 0.5) is 4.39 Å². The Hall–Kier alpha value is -2.20. The van der Waals surface area contributed by atoms with Crippen molar-refractivity contribution in [2.75, 3.05) is 6.54 Å². The van der Waals surface area contributed by atoms with Gasteiger partial charge in [0.15, 0.2) is 0 Å². The first-order valence-electron chi connectivity index (χ1n) is 7.16. The Morgan fingerprint density at radius 1 is 1.14 bits per heavy atom. The molecule has 0 saturated heterocycles. The average molecular weight is 313 g/mol. The van der Waals surface area contributed by atoms with E-state index in [0.29, 0.717) is 18.5 Å². The van der Waals surface area contributed by atoms with E-state index in [4.69, 9.17) is 0 Å². The van der Waals surface area contributed by atoms with Crippen molar-refractivity contribution in [1.82, 2.24) is 5.32 Å². The summed E-state index contributed by atoms with van der Waals surface area (Å²) >= 11 is 1.50. The van der Waals surface area contributed by atoms with Gasteiger partial charge in [-0.05, 0) is 42.0 Å². The summed E-state index contributed by atoms with van der Waals surface area (Å²) in [5.41, 5.74) is 1.62. The first-order valence-corrected chi connectivity index (χ1v) is 7.98. The second kappa shape index (κ2) is 6.28. The molecule has 1 aromatic heterocycles. The normalized spacial score (nSPS) is 10.8. The predicted molar refractivity (Wildman–Crippen MR) is 89.0 cm³/mol. The van der Waals surface area contributed by atoms with Crippen LogP contribution in [0, 0.1) is 12.7 Å². The molecule has 0 atom stereocenters. The molecular formula is C18H16FNOS. The maximum absolute atomic E-state index is 13.5. The van der Waals surface area contributed by atoms with Gasteiger partial charge in [0, 0.05) is 11.2 Å². The van der Waals surface area contributed by atoms with Gasteiger partial charge in [-0.3, -0.25) is 4.79 Å². The molecule has 0 fully saturated rings. The molecule has 3 aromatic rings. The number of halogens is 1. The van der Waals surface area contributed by atoms with Gasteiger partial charge in [0.1, 0.15) is 5.82 Å². The second-order valence-corrected chi connectivity index (χ2v) is 6.20. The molecule has 0 spiro atoms. The summed E-state index contributed by atoms with van der Waals surface area (Å²) in [5.74, 6) is -0.315. The van der Waals surface area contributed by atoms with Crippen LogP contribution in [0.3, 0.4) is 0 Å². The van der Waals surface area contributed by atoms with Crippen molar-refractivity contribution < 1.29 is 9.18 Å². The molecule has 1 amide bonds. The van der Waals surface area contributed by atoms with E-state index in [0.717, 1.165) is 20.5 Å². The SMILES string of the molecule is Cc1c(C(=O)NCCc2ccccc2F)sc2ccccc12. The molecule has 2 aromatic carbocycles. The number of rotatable bonds is 4. The van der Waals surface area contributed by atoms with Gasteiger partial charge in [-0.2, -0.15) is 0 Å². The molecule has 0 aliphatic rings. The number of nitrogens with one attached hydrogen (secondary N) is 1. The zero-order valence-electron chi connectivity index (χ0n) is 12.2. The minimum atomic E-state index is -0.227. The van der Waals surface area contributed by atoms with Crippen LogP contribution in [0.15, 0.2) is 48.5 Å². The fourth-order valence-corrected chi connectivity index (χ4v) is 3.61. The highest BCUT2D eigenvalue weighted by Gasteiger charge is 2.14. The van der Waals surface area contributed by atoms with E-state index >= 15 is 0 Å². The first kappa shape index (κ1) is 14.7. The molecule has 22 heavy (non-hydrogen) atoms. The van der Waals surface area contributed by atoms with Gasteiger partial charge in [0.2, 0.25) is 0 Å². The molecule has 3 rings (SSSR count). The molecule has 112 valence electrons. The number of hydrogen-bond donors (Lipinski definition) is 1. The summed E-state index contributed by atoms with van der Waals surface area (Å²) in [5, 5.41) is 4.00. The Labute approximate surface area is 132 Å². The molecule has 1 N–H and O–H groups in total. The quantitative estimate of drug-likeness (QED) is 0.763. The molecule has 2 nitrogen and oxygen atoms in total. The highest BCUT2D eigenvalue weighted by molar-refractivity contribution is 7.21. The maximum Gasteiger partial charge on any atom is 0.261 e. The lowest BCUT2D eigenvalue weighted by Gasteiger charge is -2.05. The van der Waals surface area contributed by atoms with E-state index in [-0.39, 0.29) is 11.7 Å². The number of benzene rings is 2. The van der Waals surface area contributed by atoms with E-state index in [1.807, 2.05) is 31.2 Å². The third-order valence-electron chi connectivity index (χ3n) is 3.69. The van der Waals surface area contributed by atoms with Gasteiger partial charge < -0.3 is 5.32 Å². The fraction of sp³-hybridized carbons (Fsp3) is 0.167. The number of amides is 1. The Morgan fingerprint density at radius 3 is 2.64 bits per heavy atom. The smallest absolute Gasteiger partial charge is 0.261 e. The summed E-state index contributed by atoms with van der Waals surface area (Å²) in [4.78, 5) is 13.0. The lowest BCUT2D eigenvalue weighted by molar-refractivity contribution is 0.0957. The average Bonchev–Trinajstić information content (AvgIpc) is 2.87. The number of fused-ring (bicyclic) bond motifs is 1. The van der Waals surface area contributed by atoms with Gasteiger partial charge in [0.05, 0.1) is 4.88 Å². The van der Waals surface area contributed by atoms with E-state index in [1.165, 1.54) is 17.4 Å². The first-order chi connectivity index (χ1) is 10.7. The molecule has 0 bridgehead atoms. The Bertz CT molecular complexity index is 825. The van der Waals surface area contributed by atoms with Crippen LogP contribution in [0.1, 0.15) is 20.8 Å². The van der Waals surface area contributed by atoms with Crippen molar-refractivity contribution in [1.29, 1.82) is 0 Å². The molecule has 0 radical (unpaired) electrons. The molecule has 0 saturated carbocycles. The van der Waals surface area contributed by atoms with Crippen LogP contribution < -0.4 is 5.32 Å². The zero-order valence-corrected chi connectivity index (χ0v) is 13.0. The third kappa shape index (κ3) is 2.88. The van der Waals surface area contributed by atoms with Crippen LogP contribution in [-0.4, -0.2) is 12.5 Å². The van der Waals surface area contributed by atoms with E-state index in [2.05, 4.69) is 5.32 Å². The Balaban J connectivity index is 1.69. The minimum Gasteiger partial charge on any atom is -0.351 e. The number of carbonyl (C=O) groups is 1. The van der Waals surface area contributed by atoms with Gasteiger partial charge in [-0.1, -0.05) is 36.4 Å². The Kier molecular flexibility index (Phi) is 4.20. The monoisotopic (exact) mass is 313 g/mol. The van der Waals surface area contributed by atoms with E-state index < -0.39 is 0 Å². The second-order valence-electron chi connectivity index (χ2n) is 5.15. The summed E-state index contributed by atoms with van der Waals surface area (Å²) < 4.78 is 14.6. The van der Waals surface area contributed by atoms with Crippen LogP contribution in [0.2, 0.25) is 0 Å². The third-order valence-corrected chi connectivity index (χ3v) is 4.96. The van der Waals surface area contributed by atoms with Crippen molar-refractivity contribution >= 4 is 27.3 Å². The van der Waals surface area contributed by atoms with Gasteiger partial charge in [-0.25, -0.2) is 4.39 Å². The lowest BCUT2D eigenvalue weighted by atomic mass is 10.1. The Morgan fingerprint density at radius 2 is 1.86 bits per heavy atom. The van der Waals surface area contributed by atoms with Crippen molar-refractivity contribution in [3.8, 4) is 0 Å². The highest BCUT2D eigenvalue weighted by atomic mass is 32.1. The van der Waals surface area contributed by atoms with Crippen LogP contribution in [0.5, 0.6) is 0 Å². The largest absolute Gasteiger partial charge is 0.351 e. The summed E-state index contributed by atoms with van der Waals surface area (Å²) in [6, 6.07) is 14.6. The van der Waals surface area contributed by atoms with Crippen molar-refractivity contribution in [3.05, 3.63) is 70.4 Å². The highest BCUT2D eigenvalue weighted by Crippen LogP contribution is 2.30. The predicted octanol–water partition coefficient (Wildman–Crippen LogP) is 4.32. The van der Waals surface area contributed by atoms with Crippen molar-refractivity contribution in [3.63, 3.8) is 0 Å². The molecule has 1 heterocycles. The van der Waals surface area contributed by atoms with Crippen LogP contribution in [0.25, 0.3) is 10.1 Å². The standard InChI is InChI=1S/C18H16FNOS/c1-12-14-7-3-5-9-16(14)22-17(12)18(21)20-11-10-13-6-2-4-8-15(13)19/h2-9H,10-11H2,1H3,(H,20,21). The van der Waals surface area contributed by atoms with Gasteiger partial charge in [0.25, 0.3) is 5.91 Å². The lowest BCUT2D eigenvalue weighted by Crippen LogP contribution is -2.25. The van der Waals surface area contributed by atoms with E-state index in [9.17, 15) is 9.18 Å². The summed E-state index contributed by atoms with van der Waals surface area (Å²) in [7, 11) is 0.